The summed E-state index contributed by atoms with van der Waals surface area (Å²) in [5, 5.41) is 3.51. The molecule has 0 radical (unpaired) electrons. The van der Waals surface area contributed by atoms with E-state index in [-0.39, 0.29) is 12.1 Å². The molecule has 0 amide bonds. The van der Waals surface area contributed by atoms with Crippen molar-refractivity contribution in [3.63, 3.8) is 0 Å². The van der Waals surface area contributed by atoms with E-state index in [0.29, 0.717) is 11.3 Å². The first-order valence-electron chi connectivity index (χ1n) is 9.32. The first-order valence-corrected chi connectivity index (χ1v) is 9.32. The molecule has 1 unspecified atom stereocenters. The van der Waals surface area contributed by atoms with Crippen LogP contribution in [0.2, 0.25) is 0 Å². The van der Waals surface area contributed by atoms with Crippen LogP contribution in [0.5, 0.6) is 5.75 Å². The van der Waals surface area contributed by atoms with E-state index in [9.17, 15) is 13.2 Å². The Hall–Kier alpha value is -2.86. The third kappa shape index (κ3) is 4.95. The summed E-state index contributed by atoms with van der Waals surface area (Å²) >= 11 is 0. The lowest BCUT2D eigenvalue weighted by molar-refractivity contribution is -0.137. The number of pyridine rings is 1. The van der Waals surface area contributed by atoms with Gasteiger partial charge >= 0.3 is 6.18 Å². The Morgan fingerprint density at radius 1 is 0.931 bits per heavy atom. The second-order valence-corrected chi connectivity index (χ2v) is 6.90. The summed E-state index contributed by atoms with van der Waals surface area (Å²) in [6.07, 6.45) is -2.60. The van der Waals surface area contributed by atoms with Gasteiger partial charge in [0.1, 0.15) is 5.75 Å². The Kier molecular flexibility index (Phi) is 6.23. The average Bonchev–Trinajstić information content (AvgIpc) is 2.73. The van der Waals surface area contributed by atoms with Crippen molar-refractivity contribution >= 4 is 0 Å². The van der Waals surface area contributed by atoms with Crippen molar-refractivity contribution in [1.82, 2.24) is 10.3 Å². The monoisotopic (exact) mass is 400 g/mol. The normalized spacial score (nSPS) is 13.7. The molecule has 1 N–H and O–H groups in total. The molecule has 2 aromatic carbocycles. The summed E-state index contributed by atoms with van der Waals surface area (Å²) in [5.41, 5.74) is 2.69. The van der Waals surface area contributed by atoms with Crippen LogP contribution in [-0.4, -0.2) is 12.1 Å². The zero-order valence-electron chi connectivity index (χ0n) is 16.5. The van der Waals surface area contributed by atoms with Gasteiger partial charge in [-0.2, -0.15) is 13.2 Å². The zero-order valence-corrected chi connectivity index (χ0v) is 16.5. The predicted octanol–water partition coefficient (Wildman–Crippen LogP) is 6.19. The topological polar surface area (TPSA) is 34.1 Å². The lowest BCUT2D eigenvalue weighted by Crippen LogP contribution is -2.23. The van der Waals surface area contributed by atoms with Crippen LogP contribution in [0.15, 0.2) is 66.9 Å². The quantitative estimate of drug-likeness (QED) is 0.536. The number of nitrogens with one attached hydrogen (secondary N) is 1. The van der Waals surface area contributed by atoms with Crippen LogP contribution in [0.25, 0.3) is 11.1 Å². The molecule has 3 rings (SSSR count). The molecule has 1 aromatic heterocycles. The first-order chi connectivity index (χ1) is 13.8. The maximum atomic E-state index is 12.9. The maximum Gasteiger partial charge on any atom is 0.416 e. The molecule has 3 aromatic rings. The highest BCUT2D eigenvalue weighted by molar-refractivity contribution is 5.71. The number of benzene rings is 2. The van der Waals surface area contributed by atoms with Gasteiger partial charge in [-0.3, -0.25) is 4.98 Å². The highest BCUT2D eigenvalue weighted by Crippen LogP contribution is 2.35. The zero-order chi connectivity index (χ0) is 21.0. The molecule has 0 fully saturated rings. The number of ether oxygens (including phenoxy) is 1. The molecule has 29 heavy (non-hydrogen) atoms. The predicted molar refractivity (Wildman–Crippen MR) is 108 cm³/mol. The highest BCUT2D eigenvalue weighted by Gasteiger charge is 2.30. The fraction of sp³-hybridized carbons (Fsp3) is 0.261. The Labute approximate surface area is 168 Å². The van der Waals surface area contributed by atoms with Gasteiger partial charge in [-0.05, 0) is 61.4 Å². The number of hydrogen-bond acceptors (Lipinski definition) is 3. The minimum Gasteiger partial charge on any atom is -0.496 e. The highest BCUT2D eigenvalue weighted by atomic mass is 19.4. The van der Waals surface area contributed by atoms with Crippen molar-refractivity contribution in [2.24, 2.45) is 0 Å². The van der Waals surface area contributed by atoms with Gasteiger partial charge < -0.3 is 10.1 Å². The van der Waals surface area contributed by atoms with Gasteiger partial charge in [0.2, 0.25) is 0 Å². The van der Waals surface area contributed by atoms with E-state index >= 15 is 0 Å². The van der Waals surface area contributed by atoms with Crippen LogP contribution >= 0.6 is 0 Å². The molecule has 152 valence electrons. The summed E-state index contributed by atoms with van der Waals surface area (Å²) in [6.45, 7) is 4.08. The Morgan fingerprint density at radius 3 is 2.24 bits per heavy atom. The third-order valence-corrected chi connectivity index (χ3v) is 4.88. The van der Waals surface area contributed by atoms with Gasteiger partial charge in [-0.25, -0.2) is 0 Å². The van der Waals surface area contributed by atoms with Crippen molar-refractivity contribution in [3.8, 4) is 16.9 Å². The van der Waals surface area contributed by atoms with E-state index in [2.05, 4.69) is 10.3 Å². The van der Waals surface area contributed by atoms with E-state index in [1.807, 2.05) is 50.2 Å². The fourth-order valence-electron chi connectivity index (χ4n) is 3.25. The van der Waals surface area contributed by atoms with Crippen molar-refractivity contribution in [2.45, 2.75) is 32.1 Å². The summed E-state index contributed by atoms with van der Waals surface area (Å²) in [5.74, 6) is 0.610. The number of alkyl halides is 3. The van der Waals surface area contributed by atoms with Crippen LogP contribution in [0.3, 0.4) is 0 Å². The SMILES string of the molecule is COc1ccc(C(C)N[C@H](C)c2ccccn2)cc1-c1ccc(C(F)(F)F)cc1. The molecule has 1 heterocycles. The minimum atomic E-state index is -4.36. The second-order valence-electron chi connectivity index (χ2n) is 6.90. The van der Waals surface area contributed by atoms with Gasteiger partial charge in [-0.15, -0.1) is 0 Å². The smallest absolute Gasteiger partial charge is 0.416 e. The van der Waals surface area contributed by atoms with E-state index in [0.717, 1.165) is 29.0 Å². The van der Waals surface area contributed by atoms with Crippen molar-refractivity contribution in [1.29, 1.82) is 0 Å². The lowest BCUT2D eigenvalue weighted by Gasteiger charge is -2.21. The fourth-order valence-corrected chi connectivity index (χ4v) is 3.25. The number of nitrogens with zero attached hydrogens (tertiary/aromatic N) is 1. The standard InChI is InChI=1S/C23H23F3N2O/c1-15(28-16(2)21-6-4-5-13-27-21)18-9-12-22(29-3)20(14-18)17-7-10-19(11-8-17)23(24,25)26/h4-16,28H,1-3H3/t15?,16-/m1/s1. The van der Waals surface area contributed by atoms with Gasteiger partial charge in [0, 0.05) is 23.8 Å². The third-order valence-electron chi connectivity index (χ3n) is 4.88. The number of halogens is 3. The summed E-state index contributed by atoms with van der Waals surface area (Å²) < 4.78 is 44.0. The van der Waals surface area contributed by atoms with Gasteiger partial charge in [0.15, 0.2) is 0 Å². The van der Waals surface area contributed by atoms with Crippen molar-refractivity contribution in [2.75, 3.05) is 7.11 Å². The largest absolute Gasteiger partial charge is 0.496 e. The van der Waals surface area contributed by atoms with E-state index < -0.39 is 11.7 Å². The molecule has 3 nitrogen and oxygen atoms in total. The number of aromatic nitrogens is 1. The van der Waals surface area contributed by atoms with Crippen molar-refractivity contribution < 1.29 is 17.9 Å². The van der Waals surface area contributed by atoms with E-state index in [4.69, 9.17) is 4.74 Å². The average molecular weight is 400 g/mol. The molecule has 0 saturated carbocycles. The Morgan fingerprint density at radius 2 is 1.66 bits per heavy atom. The molecule has 0 spiro atoms. The summed E-state index contributed by atoms with van der Waals surface area (Å²) in [7, 11) is 1.55. The molecular weight excluding hydrogens is 377 g/mol. The van der Waals surface area contributed by atoms with Gasteiger partial charge in [0.25, 0.3) is 0 Å². The Bertz CT molecular complexity index is 941. The first kappa shape index (κ1) is 20.9. The van der Waals surface area contributed by atoms with Crippen LogP contribution in [0.4, 0.5) is 13.2 Å². The lowest BCUT2D eigenvalue weighted by atomic mass is 9.97. The molecule has 0 aliphatic heterocycles. The van der Waals surface area contributed by atoms with Crippen molar-refractivity contribution in [3.05, 3.63) is 83.7 Å². The second kappa shape index (κ2) is 8.66. The number of methoxy groups -OCH3 is 1. The maximum absolute atomic E-state index is 12.9. The molecule has 6 heteroatoms. The van der Waals surface area contributed by atoms with Crippen LogP contribution in [-0.2, 0) is 6.18 Å². The molecule has 0 saturated heterocycles. The number of hydrogen-bond donors (Lipinski definition) is 1. The van der Waals surface area contributed by atoms with Gasteiger partial charge in [0.05, 0.1) is 18.4 Å². The molecule has 2 atom stereocenters. The molecule has 0 bridgehead atoms. The van der Waals surface area contributed by atoms with Crippen LogP contribution in [0, 0.1) is 0 Å². The number of rotatable bonds is 6. The Balaban J connectivity index is 1.86. The van der Waals surface area contributed by atoms with Crippen LogP contribution in [0.1, 0.15) is 42.8 Å². The van der Waals surface area contributed by atoms with E-state index in [1.165, 1.54) is 12.1 Å². The van der Waals surface area contributed by atoms with E-state index in [1.54, 1.807) is 13.3 Å². The summed E-state index contributed by atoms with van der Waals surface area (Å²) in [6, 6.07) is 16.7. The molecule has 0 aliphatic carbocycles. The molecular formula is C23H23F3N2O. The molecule has 0 aliphatic rings. The van der Waals surface area contributed by atoms with Gasteiger partial charge in [-0.1, -0.05) is 24.3 Å². The van der Waals surface area contributed by atoms with Crippen LogP contribution < -0.4 is 10.1 Å². The minimum absolute atomic E-state index is 0.00566. The summed E-state index contributed by atoms with van der Waals surface area (Å²) in [4.78, 5) is 4.37.